The molecule has 0 aromatic heterocycles. The maximum absolute atomic E-state index is 12.1. The van der Waals surface area contributed by atoms with Crippen LogP contribution in [-0.4, -0.2) is 40.5 Å². The van der Waals surface area contributed by atoms with Gasteiger partial charge in [-0.15, -0.1) is 0 Å². The minimum atomic E-state index is -3.13. The van der Waals surface area contributed by atoms with Gasteiger partial charge in [-0.1, -0.05) is 26.0 Å². The van der Waals surface area contributed by atoms with Crippen molar-refractivity contribution < 1.29 is 13.2 Å². The van der Waals surface area contributed by atoms with Gasteiger partial charge in [-0.05, 0) is 38.0 Å². The van der Waals surface area contributed by atoms with Crippen molar-refractivity contribution in [3.05, 3.63) is 29.8 Å². The summed E-state index contributed by atoms with van der Waals surface area (Å²) >= 11 is 0. The maximum Gasteiger partial charge on any atom is 0.235 e. The van der Waals surface area contributed by atoms with Crippen LogP contribution in [0.15, 0.2) is 24.3 Å². The molecule has 136 valence electrons. The van der Waals surface area contributed by atoms with E-state index in [0.717, 1.165) is 31.0 Å². The average molecular weight is 355 g/mol. The van der Waals surface area contributed by atoms with Crippen molar-refractivity contribution in [2.75, 3.05) is 36.4 Å². The summed E-state index contributed by atoms with van der Waals surface area (Å²) in [5.74, 6) is 0.247. The van der Waals surface area contributed by atoms with Gasteiger partial charge in [-0.2, -0.15) is 0 Å². The van der Waals surface area contributed by atoms with Crippen molar-refractivity contribution in [2.45, 2.75) is 40.2 Å². The molecule has 24 heavy (non-hydrogen) atoms. The summed E-state index contributed by atoms with van der Waals surface area (Å²) in [6.45, 7) is 11.3. The van der Waals surface area contributed by atoms with E-state index in [-0.39, 0.29) is 17.2 Å². The molecule has 0 bridgehead atoms. The van der Waals surface area contributed by atoms with Gasteiger partial charge in [-0.25, -0.2) is 8.42 Å². The monoisotopic (exact) mass is 354 g/mol. The van der Waals surface area contributed by atoms with E-state index in [4.69, 9.17) is 4.74 Å². The smallest absolute Gasteiger partial charge is 0.235 e. The van der Waals surface area contributed by atoms with Crippen LogP contribution in [0.25, 0.3) is 0 Å². The van der Waals surface area contributed by atoms with Crippen LogP contribution in [0.5, 0.6) is 0 Å². The van der Waals surface area contributed by atoms with E-state index in [1.165, 1.54) is 4.31 Å². The molecule has 1 N–H and O–H groups in total. The Hall–Kier alpha value is -1.11. The predicted octanol–water partition coefficient (Wildman–Crippen LogP) is 2.94. The summed E-state index contributed by atoms with van der Waals surface area (Å²) in [6.07, 6.45) is 0.700. The van der Waals surface area contributed by atoms with Crippen molar-refractivity contribution in [1.82, 2.24) is 5.32 Å². The van der Waals surface area contributed by atoms with Crippen LogP contribution in [-0.2, 0) is 14.8 Å². The third kappa shape index (κ3) is 4.94. The zero-order valence-electron chi connectivity index (χ0n) is 15.2. The Morgan fingerprint density at radius 2 is 2.12 bits per heavy atom. The highest BCUT2D eigenvalue weighted by Gasteiger charge is 2.28. The molecule has 0 spiro atoms. The summed E-state index contributed by atoms with van der Waals surface area (Å²) in [5, 5.41) is 3.54. The molecule has 2 rings (SSSR count). The summed E-state index contributed by atoms with van der Waals surface area (Å²) in [7, 11) is -3.13. The largest absolute Gasteiger partial charge is 0.381 e. The predicted molar refractivity (Wildman–Crippen MR) is 98.9 cm³/mol. The molecule has 1 aliphatic rings. The highest BCUT2D eigenvalue weighted by molar-refractivity contribution is 7.93. The van der Waals surface area contributed by atoms with Gasteiger partial charge in [0.1, 0.15) is 0 Å². The Kier molecular flexibility index (Phi) is 6.28. The first-order valence-electron chi connectivity index (χ1n) is 8.67. The molecule has 1 fully saturated rings. The molecule has 1 unspecified atom stereocenters. The highest BCUT2D eigenvalue weighted by atomic mass is 32.2. The summed E-state index contributed by atoms with van der Waals surface area (Å²) in [5.41, 5.74) is 1.93. The standard InChI is InChI=1S/C18H30N2O3S/c1-5-23-14-18(3,4)13-19-15(2)16-8-6-9-17(12-16)20-10-7-11-24(20,21)22/h6,8-9,12,15,19H,5,7,10-11,13-14H2,1-4H3. The second-order valence-electron chi connectivity index (χ2n) is 7.24. The molecular weight excluding hydrogens is 324 g/mol. The van der Waals surface area contributed by atoms with Gasteiger partial charge in [0.15, 0.2) is 0 Å². The fraction of sp³-hybridized carbons (Fsp3) is 0.667. The number of benzene rings is 1. The number of hydrogen-bond donors (Lipinski definition) is 1. The van der Waals surface area contributed by atoms with E-state index in [1.54, 1.807) is 0 Å². The number of anilines is 1. The van der Waals surface area contributed by atoms with Crippen molar-refractivity contribution in [3.63, 3.8) is 0 Å². The molecule has 5 nitrogen and oxygen atoms in total. The summed E-state index contributed by atoms with van der Waals surface area (Å²) < 4.78 is 31.3. The first-order valence-corrected chi connectivity index (χ1v) is 10.3. The number of hydrogen-bond acceptors (Lipinski definition) is 4. The fourth-order valence-electron chi connectivity index (χ4n) is 2.86. The molecule has 0 aliphatic carbocycles. The SMILES string of the molecule is CCOCC(C)(C)CNC(C)c1cccc(N2CCCS2(=O)=O)c1. The number of rotatable bonds is 8. The van der Waals surface area contributed by atoms with Gasteiger partial charge in [0, 0.05) is 31.2 Å². The van der Waals surface area contributed by atoms with Gasteiger partial charge < -0.3 is 10.1 Å². The molecule has 1 aromatic rings. The molecule has 1 atom stereocenters. The molecule has 1 heterocycles. The quantitative estimate of drug-likeness (QED) is 0.780. The van der Waals surface area contributed by atoms with Crippen LogP contribution in [0.3, 0.4) is 0 Å². The third-order valence-corrected chi connectivity index (χ3v) is 6.21. The molecule has 1 saturated heterocycles. The van der Waals surface area contributed by atoms with E-state index in [0.29, 0.717) is 13.0 Å². The molecule has 1 aromatic carbocycles. The summed E-state index contributed by atoms with van der Waals surface area (Å²) in [6, 6.07) is 7.98. The van der Waals surface area contributed by atoms with Gasteiger partial charge in [0.05, 0.1) is 18.0 Å². The van der Waals surface area contributed by atoms with Crippen molar-refractivity contribution in [3.8, 4) is 0 Å². The Bertz CT molecular complexity index is 643. The lowest BCUT2D eigenvalue weighted by Crippen LogP contribution is -2.34. The Morgan fingerprint density at radius 1 is 1.38 bits per heavy atom. The number of sulfonamides is 1. The molecule has 6 heteroatoms. The second-order valence-corrected chi connectivity index (χ2v) is 9.25. The van der Waals surface area contributed by atoms with Gasteiger partial charge in [0.2, 0.25) is 10.0 Å². The minimum Gasteiger partial charge on any atom is -0.381 e. The molecule has 1 aliphatic heterocycles. The van der Waals surface area contributed by atoms with Gasteiger partial charge in [0.25, 0.3) is 0 Å². The Morgan fingerprint density at radius 3 is 2.75 bits per heavy atom. The lowest BCUT2D eigenvalue weighted by Gasteiger charge is -2.27. The van der Waals surface area contributed by atoms with Crippen LogP contribution in [0.2, 0.25) is 0 Å². The molecule has 0 radical (unpaired) electrons. The van der Waals surface area contributed by atoms with E-state index in [2.05, 4.69) is 26.1 Å². The van der Waals surface area contributed by atoms with E-state index < -0.39 is 10.0 Å². The minimum absolute atomic E-state index is 0.0557. The van der Waals surface area contributed by atoms with Crippen molar-refractivity contribution >= 4 is 15.7 Å². The molecular formula is C18H30N2O3S. The zero-order chi connectivity index (χ0) is 17.8. The lowest BCUT2D eigenvalue weighted by molar-refractivity contribution is 0.0692. The van der Waals surface area contributed by atoms with Crippen LogP contribution < -0.4 is 9.62 Å². The first-order chi connectivity index (χ1) is 11.2. The second kappa shape index (κ2) is 7.85. The lowest BCUT2D eigenvalue weighted by atomic mass is 9.94. The van der Waals surface area contributed by atoms with Crippen LogP contribution in [0.4, 0.5) is 5.69 Å². The van der Waals surface area contributed by atoms with Gasteiger partial charge >= 0.3 is 0 Å². The number of nitrogens with one attached hydrogen (secondary N) is 1. The molecule has 0 saturated carbocycles. The first kappa shape index (κ1) is 19.2. The summed E-state index contributed by atoms with van der Waals surface area (Å²) in [4.78, 5) is 0. The van der Waals surface area contributed by atoms with Crippen molar-refractivity contribution in [2.24, 2.45) is 5.41 Å². The highest BCUT2D eigenvalue weighted by Crippen LogP contribution is 2.27. The van der Waals surface area contributed by atoms with E-state index >= 15 is 0 Å². The topological polar surface area (TPSA) is 58.6 Å². The van der Waals surface area contributed by atoms with Crippen molar-refractivity contribution in [1.29, 1.82) is 0 Å². The number of nitrogens with zero attached hydrogens (tertiary/aromatic N) is 1. The van der Waals surface area contributed by atoms with E-state index in [1.807, 2.05) is 31.2 Å². The van der Waals surface area contributed by atoms with Crippen LogP contribution in [0, 0.1) is 5.41 Å². The van der Waals surface area contributed by atoms with Crippen LogP contribution >= 0.6 is 0 Å². The van der Waals surface area contributed by atoms with E-state index in [9.17, 15) is 8.42 Å². The van der Waals surface area contributed by atoms with Crippen LogP contribution in [0.1, 0.15) is 45.7 Å². The Labute approximate surface area is 146 Å². The Balaban J connectivity index is 2.03. The third-order valence-electron chi connectivity index (χ3n) is 4.34. The normalized spacial score (nSPS) is 18.8. The fourth-order valence-corrected chi connectivity index (χ4v) is 4.41. The average Bonchev–Trinajstić information content (AvgIpc) is 2.90. The molecule has 0 amide bonds. The zero-order valence-corrected chi connectivity index (χ0v) is 16.0. The number of ether oxygens (including phenoxy) is 1. The van der Waals surface area contributed by atoms with Gasteiger partial charge in [-0.3, -0.25) is 4.31 Å². The maximum atomic E-state index is 12.1.